The average Bonchev–Trinajstić information content (AvgIpc) is 2.19. The molecule has 0 saturated carbocycles. The fourth-order valence-electron chi connectivity index (χ4n) is 1.38. The summed E-state index contributed by atoms with van der Waals surface area (Å²) >= 11 is 0. The maximum absolute atomic E-state index is 9.11. The molecule has 0 unspecified atom stereocenters. The molecular formula is C13H16O. The van der Waals surface area contributed by atoms with Gasteiger partial charge in [0.2, 0.25) is 0 Å². The number of benzene rings is 1. The number of aliphatic hydroxyl groups is 1. The number of aliphatic hydroxyl groups excluding tert-OH is 1. The Balaban J connectivity index is 3.01. The fourth-order valence-corrected chi connectivity index (χ4v) is 1.38. The Kier molecular flexibility index (Phi) is 4.14. The summed E-state index contributed by atoms with van der Waals surface area (Å²) in [6.07, 6.45) is 6.13. The number of hydrogen-bond acceptors (Lipinski definition) is 1. The molecule has 1 N–H and O–H groups in total. The first-order valence-corrected chi connectivity index (χ1v) is 4.77. The summed E-state index contributed by atoms with van der Waals surface area (Å²) in [6, 6.07) is 7.87. The normalized spacial score (nSPS) is 12.4. The van der Waals surface area contributed by atoms with Gasteiger partial charge in [-0.15, -0.1) is 0 Å². The first-order chi connectivity index (χ1) is 6.77. The summed E-state index contributed by atoms with van der Waals surface area (Å²) in [5.74, 6) is 0. The molecule has 14 heavy (non-hydrogen) atoms. The Morgan fingerprint density at radius 1 is 1.36 bits per heavy atom. The summed E-state index contributed by atoms with van der Waals surface area (Å²) in [7, 11) is 0. The van der Waals surface area contributed by atoms with Crippen molar-refractivity contribution in [2.75, 3.05) is 0 Å². The molecule has 0 radical (unpaired) electrons. The van der Waals surface area contributed by atoms with Crippen LogP contribution >= 0.6 is 0 Å². The fraction of sp³-hybridized carbons (Fsp3) is 0.231. The molecule has 0 atom stereocenters. The van der Waals surface area contributed by atoms with Gasteiger partial charge in [-0.05, 0) is 25.0 Å². The molecule has 74 valence electrons. The molecule has 0 amide bonds. The molecule has 0 saturated heterocycles. The summed E-state index contributed by atoms with van der Waals surface area (Å²) in [6.45, 7) is 4.14. The van der Waals surface area contributed by atoms with E-state index in [1.54, 1.807) is 0 Å². The van der Waals surface area contributed by atoms with E-state index in [1.165, 1.54) is 5.57 Å². The molecule has 0 bridgehead atoms. The second kappa shape index (κ2) is 5.40. The van der Waals surface area contributed by atoms with Crippen LogP contribution in [0.5, 0.6) is 0 Å². The average molecular weight is 188 g/mol. The quantitative estimate of drug-likeness (QED) is 0.722. The van der Waals surface area contributed by atoms with Gasteiger partial charge in [-0.25, -0.2) is 0 Å². The van der Waals surface area contributed by atoms with E-state index < -0.39 is 0 Å². The maximum Gasteiger partial charge on any atom is 0.0687 e. The lowest BCUT2D eigenvalue weighted by molar-refractivity contribution is 0.281. The Hall–Kier alpha value is -1.34. The second-order valence-corrected chi connectivity index (χ2v) is 3.25. The Bertz CT molecular complexity index is 348. The van der Waals surface area contributed by atoms with Gasteiger partial charge in [-0.1, -0.05) is 48.1 Å². The molecule has 1 heteroatoms. The van der Waals surface area contributed by atoms with E-state index >= 15 is 0 Å². The minimum absolute atomic E-state index is 0.0930. The van der Waals surface area contributed by atoms with Crippen molar-refractivity contribution in [3.05, 3.63) is 53.1 Å². The lowest BCUT2D eigenvalue weighted by Gasteiger charge is -2.02. The van der Waals surface area contributed by atoms with Crippen molar-refractivity contribution < 1.29 is 5.11 Å². The molecule has 0 aromatic heterocycles. The zero-order chi connectivity index (χ0) is 10.4. The highest BCUT2D eigenvalue weighted by Gasteiger charge is 1.96. The third kappa shape index (κ3) is 2.86. The molecule has 0 spiro atoms. The van der Waals surface area contributed by atoms with E-state index in [0.29, 0.717) is 0 Å². The van der Waals surface area contributed by atoms with Gasteiger partial charge in [0.25, 0.3) is 0 Å². The van der Waals surface area contributed by atoms with Gasteiger partial charge in [-0.3, -0.25) is 0 Å². The molecule has 0 aliphatic rings. The second-order valence-electron chi connectivity index (χ2n) is 3.25. The molecule has 1 rings (SSSR count). The summed E-state index contributed by atoms with van der Waals surface area (Å²) in [5, 5.41) is 9.11. The van der Waals surface area contributed by atoms with Crippen LogP contribution in [0.25, 0.3) is 6.08 Å². The van der Waals surface area contributed by atoms with Crippen molar-refractivity contribution in [3.63, 3.8) is 0 Å². The van der Waals surface area contributed by atoms with Gasteiger partial charge >= 0.3 is 0 Å². The van der Waals surface area contributed by atoms with E-state index in [2.05, 4.69) is 6.08 Å². The van der Waals surface area contributed by atoms with Gasteiger partial charge in [0, 0.05) is 0 Å². The lowest BCUT2D eigenvalue weighted by atomic mass is 10.1. The zero-order valence-corrected chi connectivity index (χ0v) is 8.70. The van der Waals surface area contributed by atoms with Crippen LogP contribution in [0.4, 0.5) is 0 Å². The van der Waals surface area contributed by atoms with Crippen LogP contribution in [0.15, 0.2) is 42.0 Å². The van der Waals surface area contributed by atoms with Crippen molar-refractivity contribution in [1.29, 1.82) is 0 Å². The van der Waals surface area contributed by atoms with Gasteiger partial charge in [-0.2, -0.15) is 0 Å². The van der Waals surface area contributed by atoms with Crippen LogP contribution in [-0.4, -0.2) is 5.11 Å². The number of rotatable bonds is 3. The van der Waals surface area contributed by atoms with Crippen LogP contribution in [-0.2, 0) is 6.61 Å². The Morgan fingerprint density at radius 3 is 2.71 bits per heavy atom. The van der Waals surface area contributed by atoms with Crippen LogP contribution in [0.1, 0.15) is 25.0 Å². The van der Waals surface area contributed by atoms with E-state index in [-0.39, 0.29) is 6.61 Å². The molecule has 1 aromatic carbocycles. The zero-order valence-electron chi connectivity index (χ0n) is 8.70. The summed E-state index contributed by atoms with van der Waals surface area (Å²) < 4.78 is 0. The minimum atomic E-state index is 0.0930. The first-order valence-electron chi connectivity index (χ1n) is 4.77. The smallest absolute Gasteiger partial charge is 0.0687 e. The van der Waals surface area contributed by atoms with Gasteiger partial charge < -0.3 is 5.11 Å². The highest BCUT2D eigenvalue weighted by Crippen LogP contribution is 2.13. The van der Waals surface area contributed by atoms with Gasteiger partial charge in [0.15, 0.2) is 0 Å². The van der Waals surface area contributed by atoms with Gasteiger partial charge in [0.05, 0.1) is 6.61 Å². The van der Waals surface area contributed by atoms with E-state index in [4.69, 9.17) is 5.11 Å². The Labute approximate surface area is 85.4 Å². The van der Waals surface area contributed by atoms with Crippen molar-refractivity contribution >= 4 is 6.08 Å². The molecule has 0 aliphatic heterocycles. The van der Waals surface area contributed by atoms with Crippen LogP contribution in [0, 0.1) is 0 Å². The predicted octanol–water partition coefficient (Wildman–Crippen LogP) is 3.16. The predicted molar refractivity (Wildman–Crippen MR) is 60.8 cm³/mol. The third-order valence-corrected chi connectivity index (χ3v) is 2.04. The van der Waals surface area contributed by atoms with Gasteiger partial charge in [0.1, 0.15) is 0 Å². The summed E-state index contributed by atoms with van der Waals surface area (Å²) in [4.78, 5) is 0. The maximum atomic E-state index is 9.11. The first kappa shape index (κ1) is 10.7. The molecule has 0 heterocycles. The highest BCUT2D eigenvalue weighted by molar-refractivity contribution is 5.58. The molecule has 1 nitrogen and oxygen atoms in total. The van der Waals surface area contributed by atoms with Crippen molar-refractivity contribution in [3.8, 4) is 0 Å². The standard InChI is InChI=1S/C13H16O/c1-3-6-11(2)9-12-7-4-5-8-13(12)10-14/h3-9,14H,10H2,1-2H3/b6-3-,11-9+. The van der Waals surface area contributed by atoms with Crippen LogP contribution in [0.3, 0.4) is 0 Å². The van der Waals surface area contributed by atoms with E-state index in [0.717, 1.165) is 11.1 Å². The number of allylic oxidation sites excluding steroid dienone is 3. The van der Waals surface area contributed by atoms with E-state index in [9.17, 15) is 0 Å². The van der Waals surface area contributed by atoms with Crippen LogP contribution < -0.4 is 0 Å². The van der Waals surface area contributed by atoms with Crippen molar-refractivity contribution in [1.82, 2.24) is 0 Å². The SMILES string of the molecule is C/C=C\C(C)=C\c1ccccc1CO. The molecule has 1 aromatic rings. The van der Waals surface area contributed by atoms with Crippen molar-refractivity contribution in [2.24, 2.45) is 0 Å². The lowest BCUT2D eigenvalue weighted by Crippen LogP contribution is -1.87. The molecule has 0 fully saturated rings. The Morgan fingerprint density at radius 2 is 2.07 bits per heavy atom. The molecular weight excluding hydrogens is 172 g/mol. The summed E-state index contributed by atoms with van der Waals surface area (Å²) in [5.41, 5.74) is 3.25. The largest absolute Gasteiger partial charge is 0.392 e. The topological polar surface area (TPSA) is 20.2 Å². The third-order valence-electron chi connectivity index (χ3n) is 2.04. The highest BCUT2D eigenvalue weighted by atomic mass is 16.3. The molecule has 0 aliphatic carbocycles. The minimum Gasteiger partial charge on any atom is -0.392 e. The van der Waals surface area contributed by atoms with Crippen molar-refractivity contribution in [2.45, 2.75) is 20.5 Å². The number of hydrogen-bond donors (Lipinski definition) is 1. The monoisotopic (exact) mass is 188 g/mol. The van der Waals surface area contributed by atoms with Crippen LogP contribution in [0.2, 0.25) is 0 Å². The van der Waals surface area contributed by atoms with E-state index in [1.807, 2.05) is 50.3 Å².